The maximum atomic E-state index is 11.2. The fourth-order valence-corrected chi connectivity index (χ4v) is 4.93. The second kappa shape index (κ2) is 5.62. The summed E-state index contributed by atoms with van der Waals surface area (Å²) in [5.41, 5.74) is 2.92. The Balaban J connectivity index is 1.52. The van der Waals surface area contributed by atoms with Gasteiger partial charge in [-0.3, -0.25) is 4.98 Å². The van der Waals surface area contributed by atoms with Crippen molar-refractivity contribution in [2.24, 2.45) is 0 Å². The van der Waals surface area contributed by atoms with E-state index in [-0.39, 0.29) is 0 Å². The van der Waals surface area contributed by atoms with Gasteiger partial charge in [0.25, 0.3) is 0 Å². The van der Waals surface area contributed by atoms with Gasteiger partial charge in [0.05, 0.1) is 11.3 Å². The highest BCUT2D eigenvalue weighted by molar-refractivity contribution is 9.10. The van der Waals surface area contributed by atoms with E-state index >= 15 is 0 Å². The van der Waals surface area contributed by atoms with Crippen LogP contribution in [0.25, 0.3) is 22.3 Å². The van der Waals surface area contributed by atoms with Crippen molar-refractivity contribution in [1.29, 1.82) is 0 Å². The normalized spacial score (nSPS) is 28.6. The molecular weight excluding hydrogens is 380 g/mol. The van der Waals surface area contributed by atoms with Crippen LogP contribution in [0.4, 0.5) is 0 Å². The van der Waals surface area contributed by atoms with Gasteiger partial charge in [-0.2, -0.15) is 0 Å². The SMILES string of the molecule is OC1(c2ccc(-c3ccnc4[nH]cc(Br)c34)nc2)C[C@H]2CC[C@@H](C1)N2. The lowest BCUT2D eigenvalue weighted by molar-refractivity contribution is -0.0117. The Bertz CT molecular complexity index is 924. The predicted molar refractivity (Wildman–Crippen MR) is 100 cm³/mol. The second-order valence-electron chi connectivity index (χ2n) is 7.23. The number of hydrogen-bond donors (Lipinski definition) is 3. The number of hydrogen-bond acceptors (Lipinski definition) is 4. The van der Waals surface area contributed by atoms with Crippen molar-refractivity contribution in [2.75, 3.05) is 0 Å². The third kappa shape index (κ3) is 2.51. The van der Waals surface area contributed by atoms with Crippen molar-refractivity contribution in [2.45, 2.75) is 43.4 Å². The standard InChI is InChI=1S/C19H19BrN4O/c20-15-10-23-18-17(15)14(5-6-21-18)16-4-1-11(9-22-16)19(25)7-12-2-3-13(8-19)24-12/h1,4-6,9-10,12-13,24-25H,2-3,7-8H2,(H,21,23)/t12-,13+,19?. The molecule has 0 radical (unpaired) electrons. The van der Waals surface area contributed by atoms with Crippen LogP contribution in [0.15, 0.2) is 41.3 Å². The molecule has 2 saturated heterocycles. The number of aromatic amines is 1. The highest BCUT2D eigenvalue weighted by Gasteiger charge is 2.43. The monoisotopic (exact) mass is 398 g/mol. The Morgan fingerprint density at radius 2 is 1.92 bits per heavy atom. The molecule has 5 nitrogen and oxygen atoms in total. The molecule has 0 amide bonds. The molecule has 3 aromatic heterocycles. The maximum Gasteiger partial charge on any atom is 0.139 e. The first kappa shape index (κ1) is 15.5. The Morgan fingerprint density at radius 1 is 1.12 bits per heavy atom. The van der Waals surface area contributed by atoms with Crippen molar-refractivity contribution in [3.05, 3.63) is 46.8 Å². The van der Waals surface area contributed by atoms with Gasteiger partial charge < -0.3 is 15.4 Å². The Labute approximate surface area is 154 Å². The van der Waals surface area contributed by atoms with E-state index in [0.29, 0.717) is 12.1 Å². The third-order valence-electron chi connectivity index (χ3n) is 5.61. The van der Waals surface area contributed by atoms with E-state index in [1.54, 1.807) is 6.20 Å². The summed E-state index contributed by atoms with van der Waals surface area (Å²) < 4.78 is 0.977. The third-order valence-corrected chi connectivity index (χ3v) is 6.23. The van der Waals surface area contributed by atoms with Crippen LogP contribution in [0.2, 0.25) is 0 Å². The van der Waals surface area contributed by atoms with Crippen molar-refractivity contribution < 1.29 is 5.11 Å². The summed E-state index contributed by atoms with van der Waals surface area (Å²) in [4.78, 5) is 12.2. The summed E-state index contributed by atoms with van der Waals surface area (Å²) in [6, 6.07) is 6.87. The molecule has 3 aromatic rings. The Hall–Kier alpha value is -1.76. The first-order valence-corrected chi connectivity index (χ1v) is 9.49. The zero-order valence-electron chi connectivity index (χ0n) is 13.7. The Morgan fingerprint density at radius 3 is 2.64 bits per heavy atom. The van der Waals surface area contributed by atoms with Gasteiger partial charge in [-0.05, 0) is 53.7 Å². The van der Waals surface area contributed by atoms with E-state index in [9.17, 15) is 5.11 Å². The van der Waals surface area contributed by atoms with Gasteiger partial charge in [0.1, 0.15) is 5.65 Å². The molecule has 3 N–H and O–H groups in total. The summed E-state index contributed by atoms with van der Waals surface area (Å²) in [6.07, 6.45) is 9.38. The number of nitrogens with one attached hydrogen (secondary N) is 2. The largest absolute Gasteiger partial charge is 0.385 e. The quantitative estimate of drug-likeness (QED) is 0.617. The molecule has 25 heavy (non-hydrogen) atoms. The molecule has 5 rings (SSSR count). The minimum absolute atomic E-state index is 0.430. The second-order valence-corrected chi connectivity index (χ2v) is 8.08. The van der Waals surface area contributed by atoms with E-state index in [1.165, 1.54) is 0 Å². The molecule has 2 bridgehead atoms. The van der Waals surface area contributed by atoms with E-state index in [1.807, 2.05) is 30.6 Å². The number of H-pyrrole nitrogens is 1. The zero-order valence-corrected chi connectivity index (χ0v) is 15.3. The number of aliphatic hydroxyl groups is 1. The van der Waals surface area contributed by atoms with Crippen LogP contribution in [0, 0.1) is 0 Å². The van der Waals surface area contributed by atoms with Crippen LogP contribution < -0.4 is 5.32 Å². The summed E-state index contributed by atoms with van der Waals surface area (Å²) >= 11 is 3.57. The van der Waals surface area contributed by atoms with Crippen molar-refractivity contribution in [1.82, 2.24) is 20.3 Å². The topological polar surface area (TPSA) is 73.8 Å². The zero-order chi connectivity index (χ0) is 17.0. The average Bonchev–Trinajstić information content (AvgIpc) is 3.18. The molecule has 0 aromatic carbocycles. The molecule has 5 heterocycles. The first-order valence-electron chi connectivity index (χ1n) is 8.69. The Kier molecular flexibility index (Phi) is 3.48. The van der Waals surface area contributed by atoms with Gasteiger partial charge in [-0.15, -0.1) is 0 Å². The number of piperidine rings is 1. The van der Waals surface area contributed by atoms with Crippen LogP contribution in [-0.2, 0) is 5.60 Å². The van der Waals surface area contributed by atoms with Gasteiger partial charge in [0.15, 0.2) is 0 Å². The number of fused-ring (bicyclic) bond motifs is 3. The first-order chi connectivity index (χ1) is 12.1. The van der Waals surface area contributed by atoms with Crippen LogP contribution >= 0.6 is 15.9 Å². The number of pyridine rings is 2. The van der Waals surface area contributed by atoms with Crippen molar-refractivity contribution in [3.8, 4) is 11.3 Å². The molecular formula is C19H19BrN4O. The molecule has 2 fully saturated rings. The molecule has 0 aliphatic carbocycles. The summed E-state index contributed by atoms with van der Waals surface area (Å²) in [5, 5.41) is 15.8. The van der Waals surface area contributed by atoms with Gasteiger partial charge in [-0.1, -0.05) is 6.07 Å². The number of aromatic nitrogens is 3. The summed E-state index contributed by atoms with van der Waals surface area (Å²) in [6.45, 7) is 0. The van der Waals surface area contributed by atoms with Gasteiger partial charge in [0.2, 0.25) is 0 Å². The molecule has 2 aliphatic heterocycles. The van der Waals surface area contributed by atoms with E-state index < -0.39 is 5.60 Å². The summed E-state index contributed by atoms with van der Waals surface area (Å²) in [7, 11) is 0. The fourth-order valence-electron chi connectivity index (χ4n) is 4.42. The average molecular weight is 399 g/mol. The molecule has 0 saturated carbocycles. The van der Waals surface area contributed by atoms with Crippen LogP contribution in [0.1, 0.15) is 31.2 Å². The van der Waals surface area contributed by atoms with Crippen LogP contribution in [-0.4, -0.2) is 32.1 Å². The van der Waals surface area contributed by atoms with Gasteiger partial charge >= 0.3 is 0 Å². The molecule has 0 spiro atoms. The van der Waals surface area contributed by atoms with E-state index in [0.717, 1.165) is 58.0 Å². The van der Waals surface area contributed by atoms with E-state index in [2.05, 4.69) is 36.2 Å². The highest BCUT2D eigenvalue weighted by atomic mass is 79.9. The fraction of sp³-hybridized carbons (Fsp3) is 0.368. The van der Waals surface area contributed by atoms with Crippen LogP contribution in [0.3, 0.4) is 0 Å². The minimum atomic E-state index is -0.759. The summed E-state index contributed by atoms with van der Waals surface area (Å²) in [5.74, 6) is 0. The lowest BCUT2D eigenvalue weighted by Crippen LogP contribution is -2.46. The van der Waals surface area contributed by atoms with Gasteiger partial charge in [-0.25, -0.2) is 4.98 Å². The predicted octanol–water partition coefficient (Wildman–Crippen LogP) is 3.49. The lowest BCUT2D eigenvalue weighted by atomic mass is 9.82. The smallest absolute Gasteiger partial charge is 0.139 e. The number of rotatable bonds is 2. The molecule has 1 unspecified atom stereocenters. The highest BCUT2D eigenvalue weighted by Crippen LogP contribution is 2.41. The number of nitrogens with zero attached hydrogens (tertiary/aromatic N) is 2. The lowest BCUT2D eigenvalue weighted by Gasteiger charge is -2.37. The number of halogens is 1. The molecule has 2 aliphatic rings. The maximum absolute atomic E-state index is 11.2. The molecule has 3 atom stereocenters. The minimum Gasteiger partial charge on any atom is -0.385 e. The molecule has 6 heteroatoms. The van der Waals surface area contributed by atoms with Gasteiger partial charge in [0, 0.05) is 51.7 Å². The van der Waals surface area contributed by atoms with E-state index in [4.69, 9.17) is 0 Å². The van der Waals surface area contributed by atoms with Crippen molar-refractivity contribution in [3.63, 3.8) is 0 Å². The van der Waals surface area contributed by atoms with Crippen LogP contribution in [0.5, 0.6) is 0 Å². The van der Waals surface area contributed by atoms with Crippen molar-refractivity contribution >= 4 is 27.0 Å². The molecule has 128 valence electrons.